The van der Waals surface area contributed by atoms with Crippen molar-refractivity contribution in [3.63, 3.8) is 0 Å². The van der Waals surface area contributed by atoms with Crippen LogP contribution in [0.15, 0.2) is 18.2 Å². The Balaban J connectivity index is 2.81. The minimum atomic E-state index is -0.183. The van der Waals surface area contributed by atoms with E-state index in [4.69, 9.17) is 4.74 Å². The summed E-state index contributed by atoms with van der Waals surface area (Å²) in [5.74, 6) is -0.183. The van der Waals surface area contributed by atoms with Crippen LogP contribution in [-0.2, 0) is 4.74 Å². The third kappa shape index (κ3) is 3.29. The molecule has 0 aliphatic rings. The Labute approximate surface area is 90.4 Å². The van der Waals surface area contributed by atoms with Crippen LogP contribution in [0.5, 0.6) is 0 Å². The van der Waals surface area contributed by atoms with Crippen LogP contribution in [0.3, 0.4) is 0 Å². The molecule has 0 amide bonds. The van der Waals surface area contributed by atoms with Gasteiger partial charge in [0.2, 0.25) is 0 Å². The Hall–Kier alpha value is -0.930. The van der Waals surface area contributed by atoms with E-state index in [2.05, 4.69) is 5.32 Å². The average molecular weight is 211 g/mol. The lowest BCUT2D eigenvalue weighted by Gasteiger charge is -2.18. The summed E-state index contributed by atoms with van der Waals surface area (Å²) in [7, 11) is 3.59. The van der Waals surface area contributed by atoms with Crippen molar-refractivity contribution < 1.29 is 9.13 Å². The molecule has 0 aromatic heterocycles. The molecule has 2 nitrogen and oxygen atoms in total. The number of aryl methyl sites for hydroxylation is 1. The largest absolute Gasteiger partial charge is 0.385 e. The van der Waals surface area contributed by atoms with Gasteiger partial charge < -0.3 is 10.1 Å². The quantitative estimate of drug-likeness (QED) is 0.807. The molecule has 0 saturated heterocycles. The molecule has 1 aromatic carbocycles. The molecule has 0 fully saturated rings. The van der Waals surface area contributed by atoms with E-state index in [1.165, 1.54) is 6.07 Å². The Morgan fingerprint density at radius 2 is 2.20 bits per heavy atom. The fourth-order valence-corrected chi connectivity index (χ4v) is 1.72. The number of rotatable bonds is 5. The van der Waals surface area contributed by atoms with Gasteiger partial charge in [-0.05, 0) is 43.7 Å². The van der Waals surface area contributed by atoms with E-state index >= 15 is 0 Å². The number of hydrogen-bond donors (Lipinski definition) is 1. The third-order valence-corrected chi connectivity index (χ3v) is 2.57. The maximum atomic E-state index is 12.9. The van der Waals surface area contributed by atoms with Gasteiger partial charge in [-0.2, -0.15) is 0 Å². The average Bonchev–Trinajstić information content (AvgIpc) is 2.21. The minimum absolute atomic E-state index is 0.183. The van der Waals surface area contributed by atoms with Crippen LogP contribution in [0.4, 0.5) is 4.39 Å². The molecule has 1 atom stereocenters. The summed E-state index contributed by atoms with van der Waals surface area (Å²) in [6.07, 6.45) is 0.888. The molecule has 0 aliphatic carbocycles. The monoisotopic (exact) mass is 211 g/mol. The molecule has 0 aliphatic heterocycles. The first-order valence-electron chi connectivity index (χ1n) is 5.11. The zero-order valence-corrected chi connectivity index (χ0v) is 9.51. The molecule has 0 bridgehead atoms. The van der Waals surface area contributed by atoms with E-state index in [1.807, 2.05) is 20.0 Å². The summed E-state index contributed by atoms with van der Waals surface area (Å²) in [6, 6.07) is 5.12. The van der Waals surface area contributed by atoms with Crippen molar-refractivity contribution in [2.24, 2.45) is 0 Å². The van der Waals surface area contributed by atoms with E-state index in [-0.39, 0.29) is 11.9 Å². The number of halogens is 1. The van der Waals surface area contributed by atoms with Crippen LogP contribution in [0.1, 0.15) is 23.6 Å². The summed E-state index contributed by atoms with van der Waals surface area (Å²) in [6.45, 7) is 2.62. The maximum absolute atomic E-state index is 12.9. The van der Waals surface area contributed by atoms with Crippen LogP contribution in [0, 0.1) is 12.7 Å². The fourth-order valence-electron chi connectivity index (χ4n) is 1.72. The van der Waals surface area contributed by atoms with Crippen molar-refractivity contribution in [1.82, 2.24) is 5.32 Å². The summed E-state index contributed by atoms with van der Waals surface area (Å²) in [5, 5.41) is 3.21. The maximum Gasteiger partial charge on any atom is 0.123 e. The highest BCUT2D eigenvalue weighted by atomic mass is 19.1. The first-order valence-corrected chi connectivity index (χ1v) is 5.11. The Kier molecular flexibility index (Phi) is 4.72. The lowest BCUT2D eigenvalue weighted by molar-refractivity contribution is 0.184. The van der Waals surface area contributed by atoms with Crippen LogP contribution in [0.2, 0.25) is 0 Å². The molecule has 84 valence electrons. The Morgan fingerprint density at radius 3 is 2.73 bits per heavy atom. The van der Waals surface area contributed by atoms with Gasteiger partial charge in [-0.1, -0.05) is 6.07 Å². The molecule has 0 saturated carbocycles. The molecule has 15 heavy (non-hydrogen) atoms. The predicted octanol–water partition coefficient (Wildman–Crippen LogP) is 2.43. The molecule has 0 heterocycles. The van der Waals surface area contributed by atoms with Crippen molar-refractivity contribution in [3.8, 4) is 0 Å². The molecule has 1 N–H and O–H groups in total. The van der Waals surface area contributed by atoms with Crippen molar-refractivity contribution in [2.45, 2.75) is 19.4 Å². The second-order valence-electron chi connectivity index (χ2n) is 3.62. The number of benzene rings is 1. The second kappa shape index (κ2) is 5.83. The SMILES string of the molecule is CNC(CCOC)c1ccc(F)cc1C. The summed E-state index contributed by atoms with van der Waals surface area (Å²) < 4.78 is 18.0. The molecule has 0 spiro atoms. The van der Waals surface area contributed by atoms with Gasteiger partial charge in [0.1, 0.15) is 5.82 Å². The molecule has 1 aromatic rings. The first-order chi connectivity index (χ1) is 7.19. The lowest BCUT2D eigenvalue weighted by atomic mass is 9.99. The third-order valence-electron chi connectivity index (χ3n) is 2.57. The van der Waals surface area contributed by atoms with Gasteiger partial charge in [-0.3, -0.25) is 0 Å². The highest BCUT2D eigenvalue weighted by molar-refractivity contribution is 5.29. The normalized spacial score (nSPS) is 12.8. The molecule has 3 heteroatoms. The van der Waals surface area contributed by atoms with Crippen molar-refractivity contribution in [2.75, 3.05) is 20.8 Å². The number of methoxy groups -OCH3 is 1. The van der Waals surface area contributed by atoms with Crippen molar-refractivity contribution in [3.05, 3.63) is 35.1 Å². The van der Waals surface area contributed by atoms with Gasteiger partial charge in [0, 0.05) is 19.8 Å². The second-order valence-corrected chi connectivity index (χ2v) is 3.62. The smallest absolute Gasteiger partial charge is 0.123 e. The van der Waals surface area contributed by atoms with E-state index in [9.17, 15) is 4.39 Å². The predicted molar refractivity (Wildman–Crippen MR) is 59.4 cm³/mol. The summed E-state index contributed by atoms with van der Waals surface area (Å²) in [5.41, 5.74) is 2.11. The number of nitrogens with one attached hydrogen (secondary N) is 1. The van der Waals surface area contributed by atoms with E-state index in [0.717, 1.165) is 17.5 Å². The molecule has 1 rings (SSSR count). The van der Waals surface area contributed by atoms with Crippen LogP contribution < -0.4 is 5.32 Å². The van der Waals surface area contributed by atoms with Gasteiger partial charge in [-0.15, -0.1) is 0 Å². The fraction of sp³-hybridized carbons (Fsp3) is 0.500. The highest BCUT2D eigenvalue weighted by Gasteiger charge is 2.11. The first kappa shape index (κ1) is 12.1. The molecular formula is C12H18FNO. The summed E-state index contributed by atoms with van der Waals surface area (Å²) >= 11 is 0. The van der Waals surface area contributed by atoms with Crippen molar-refractivity contribution in [1.29, 1.82) is 0 Å². The van der Waals surface area contributed by atoms with E-state index in [0.29, 0.717) is 6.61 Å². The molecule has 0 radical (unpaired) electrons. The minimum Gasteiger partial charge on any atom is -0.385 e. The molecular weight excluding hydrogens is 193 g/mol. The zero-order valence-electron chi connectivity index (χ0n) is 9.51. The van der Waals surface area contributed by atoms with Crippen LogP contribution in [0.25, 0.3) is 0 Å². The summed E-state index contributed by atoms with van der Waals surface area (Å²) in [4.78, 5) is 0. The van der Waals surface area contributed by atoms with Gasteiger partial charge >= 0.3 is 0 Å². The van der Waals surface area contributed by atoms with Gasteiger partial charge in [0.25, 0.3) is 0 Å². The zero-order chi connectivity index (χ0) is 11.3. The van der Waals surface area contributed by atoms with Gasteiger partial charge in [0.15, 0.2) is 0 Å². The number of hydrogen-bond acceptors (Lipinski definition) is 2. The molecule has 1 unspecified atom stereocenters. The standard InChI is InChI=1S/C12H18FNO/c1-9-8-10(13)4-5-11(9)12(14-2)6-7-15-3/h4-5,8,12,14H,6-7H2,1-3H3. The van der Waals surface area contributed by atoms with Crippen molar-refractivity contribution >= 4 is 0 Å². The van der Waals surface area contributed by atoms with Gasteiger partial charge in [-0.25, -0.2) is 4.39 Å². The topological polar surface area (TPSA) is 21.3 Å². The van der Waals surface area contributed by atoms with E-state index in [1.54, 1.807) is 13.2 Å². The Morgan fingerprint density at radius 1 is 1.47 bits per heavy atom. The van der Waals surface area contributed by atoms with E-state index < -0.39 is 0 Å². The van der Waals surface area contributed by atoms with Crippen LogP contribution >= 0.6 is 0 Å². The lowest BCUT2D eigenvalue weighted by Crippen LogP contribution is -2.19. The number of ether oxygens (including phenoxy) is 1. The van der Waals surface area contributed by atoms with Crippen LogP contribution in [-0.4, -0.2) is 20.8 Å². The Bertz CT molecular complexity index is 314. The van der Waals surface area contributed by atoms with Gasteiger partial charge in [0.05, 0.1) is 0 Å². The highest BCUT2D eigenvalue weighted by Crippen LogP contribution is 2.21.